The number of Topliss-reactive ketones (excluding diaryl/α,β-unsaturated/α-hetero) is 1. The first kappa shape index (κ1) is 13.4. The number of hydrogen-bond donors (Lipinski definition) is 0. The first-order chi connectivity index (χ1) is 9.50. The van der Waals surface area contributed by atoms with Crippen molar-refractivity contribution in [1.82, 2.24) is 0 Å². The first-order valence-corrected chi connectivity index (χ1v) is 7.75. The number of hydrogen-bond acceptors (Lipinski definition) is 2. The van der Waals surface area contributed by atoms with Gasteiger partial charge in [0.05, 0.1) is 0 Å². The maximum absolute atomic E-state index is 12.9. The number of carbonyl (C=O) groups is 1. The number of ketones is 1. The number of fused-ring (bicyclic) bond motifs is 1. The Bertz CT molecular complexity index is 658. The van der Waals surface area contributed by atoms with Crippen molar-refractivity contribution in [2.24, 2.45) is 5.41 Å². The van der Waals surface area contributed by atoms with E-state index in [2.05, 4.69) is 38.1 Å². The topological polar surface area (TPSA) is 17.1 Å². The molecule has 0 spiro atoms. The molecule has 0 aliphatic carbocycles. The van der Waals surface area contributed by atoms with Crippen LogP contribution >= 0.6 is 11.8 Å². The lowest BCUT2D eigenvalue weighted by Crippen LogP contribution is -2.33. The van der Waals surface area contributed by atoms with Crippen LogP contribution in [-0.2, 0) is 0 Å². The van der Waals surface area contributed by atoms with E-state index in [1.165, 1.54) is 5.56 Å². The van der Waals surface area contributed by atoms with Gasteiger partial charge in [-0.3, -0.25) is 4.79 Å². The molecule has 0 fully saturated rings. The van der Waals surface area contributed by atoms with Crippen molar-refractivity contribution < 1.29 is 4.79 Å². The molecule has 2 aromatic rings. The Morgan fingerprint density at radius 1 is 1.05 bits per heavy atom. The van der Waals surface area contributed by atoms with Crippen molar-refractivity contribution >= 4 is 17.5 Å². The summed E-state index contributed by atoms with van der Waals surface area (Å²) in [7, 11) is 0. The summed E-state index contributed by atoms with van der Waals surface area (Å²) in [5.74, 6) is 0.254. The van der Waals surface area contributed by atoms with Crippen LogP contribution in [0.1, 0.15) is 40.6 Å². The second kappa shape index (κ2) is 4.78. The van der Waals surface area contributed by atoms with E-state index >= 15 is 0 Å². The zero-order valence-electron chi connectivity index (χ0n) is 12.0. The average molecular weight is 282 g/mol. The van der Waals surface area contributed by atoms with Crippen molar-refractivity contribution in [3.63, 3.8) is 0 Å². The van der Waals surface area contributed by atoms with Gasteiger partial charge < -0.3 is 0 Å². The van der Waals surface area contributed by atoms with Gasteiger partial charge in [0.25, 0.3) is 0 Å². The Balaban J connectivity index is 2.12. The molecule has 1 atom stereocenters. The molecule has 0 radical (unpaired) electrons. The van der Waals surface area contributed by atoms with E-state index in [4.69, 9.17) is 0 Å². The third-order valence-electron chi connectivity index (χ3n) is 3.97. The molecule has 1 aliphatic rings. The molecule has 2 aromatic carbocycles. The minimum absolute atomic E-state index is 0.173. The third-order valence-corrected chi connectivity index (χ3v) is 5.67. The quantitative estimate of drug-likeness (QED) is 0.728. The Hall–Kier alpha value is -1.54. The number of benzene rings is 2. The van der Waals surface area contributed by atoms with Gasteiger partial charge in [0.15, 0.2) is 5.78 Å². The molecule has 2 heteroatoms. The molecule has 1 nitrogen and oxygen atoms in total. The Morgan fingerprint density at radius 3 is 2.45 bits per heavy atom. The maximum Gasteiger partial charge on any atom is 0.171 e. The second-order valence-electron chi connectivity index (χ2n) is 5.96. The van der Waals surface area contributed by atoms with Crippen molar-refractivity contribution in [3.8, 4) is 0 Å². The van der Waals surface area contributed by atoms with Crippen LogP contribution in [-0.4, -0.2) is 5.78 Å². The van der Waals surface area contributed by atoms with Crippen LogP contribution in [0.3, 0.4) is 0 Å². The van der Waals surface area contributed by atoms with E-state index in [1.807, 2.05) is 43.0 Å². The van der Waals surface area contributed by atoms with Gasteiger partial charge in [-0.2, -0.15) is 0 Å². The van der Waals surface area contributed by atoms with Crippen LogP contribution in [0.4, 0.5) is 0 Å². The van der Waals surface area contributed by atoms with Crippen molar-refractivity contribution in [2.45, 2.75) is 30.9 Å². The van der Waals surface area contributed by atoms with E-state index in [1.54, 1.807) is 0 Å². The standard InChI is InChI=1S/C18H18OS/c1-12-9-10-15-14(11-12)16(19)18(2,3)17(20-15)13-7-5-4-6-8-13/h4-11,17H,1-3H3. The minimum atomic E-state index is -0.382. The van der Waals surface area contributed by atoms with Gasteiger partial charge in [-0.05, 0) is 24.6 Å². The van der Waals surface area contributed by atoms with Crippen LogP contribution in [0, 0.1) is 12.3 Å². The van der Waals surface area contributed by atoms with E-state index in [0.29, 0.717) is 0 Å². The summed E-state index contributed by atoms with van der Waals surface area (Å²) in [5, 5.41) is 0.173. The lowest BCUT2D eigenvalue weighted by Gasteiger charge is -2.38. The predicted molar refractivity (Wildman–Crippen MR) is 84.3 cm³/mol. The molecule has 0 bridgehead atoms. The highest BCUT2D eigenvalue weighted by Crippen LogP contribution is 2.54. The highest BCUT2D eigenvalue weighted by atomic mass is 32.2. The van der Waals surface area contributed by atoms with Gasteiger partial charge in [0, 0.05) is 21.1 Å². The van der Waals surface area contributed by atoms with E-state index < -0.39 is 0 Å². The summed E-state index contributed by atoms with van der Waals surface area (Å²) in [5.41, 5.74) is 2.87. The zero-order chi connectivity index (χ0) is 14.3. The fraction of sp³-hybridized carbons (Fsp3) is 0.278. The van der Waals surface area contributed by atoms with Crippen molar-refractivity contribution in [2.75, 3.05) is 0 Å². The smallest absolute Gasteiger partial charge is 0.171 e. The fourth-order valence-electron chi connectivity index (χ4n) is 2.78. The molecule has 0 saturated carbocycles. The normalized spacial score (nSPS) is 20.6. The SMILES string of the molecule is Cc1ccc2c(c1)C(=O)C(C)(C)C(c1ccccc1)S2. The first-order valence-electron chi connectivity index (χ1n) is 6.87. The third kappa shape index (κ3) is 2.08. The molecular weight excluding hydrogens is 264 g/mol. The van der Waals surface area contributed by atoms with Crippen molar-refractivity contribution in [3.05, 3.63) is 65.2 Å². The molecule has 102 valence electrons. The van der Waals surface area contributed by atoms with Crippen molar-refractivity contribution in [1.29, 1.82) is 0 Å². The number of aryl methyl sites for hydroxylation is 1. The summed E-state index contributed by atoms with van der Waals surface area (Å²) in [4.78, 5) is 14.0. The summed E-state index contributed by atoms with van der Waals surface area (Å²) >= 11 is 1.81. The second-order valence-corrected chi connectivity index (χ2v) is 7.11. The summed E-state index contributed by atoms with van der Waals surface area (Å²) in [6.07, 6.45) is 0. The number of thioether (sulfide) groups is 1. The molecule has 1 unspecified atom stereocenters. The van der Waals surface area contributed by atoms with Gasteiger partial charge in [-0.1, -0.05) is 55.8 Å². The lowest BCUT2D eigenvalue weighted by atomic mass is 9.77. The predicted octanol–water partition coefficient (Wildman–Crippen LogP) is 5.05. The molecule has 0 saturated heterocycles. The summed E-state index contributed by atoms with van der Waals surface area (Å²) < 4.78 is 0. The van der Waals surface area contributed by atoms with Gasteiger partial charge in [-0.25, -0.2) is 0 Å². The van der Waals surface area contributed by atoms with Crippen LogP contribution in [0.2, 0.25) is 0 Å². The molecular formula is C18H18OS. The van der Waals surface area contributed by atoms with Gasteiger partial charge in [0.1, 0.15) is 0 Å². The largest absolute Gasteiger partial charge is 0.293 e. The van der Waals surface area contributed by atoms with Crippen LogP contribution in [0.15, 0.2) is 53.4 Å². The van der Waals surface area contributed by atoms with E-state index in [-0.39, 0.29) is 16.4 Å². The molecule has 20 heavy (non-hydrogen) atoms. The minimum Gasteiger partial charge on any atom is -0.293 e. The molecule has 3 rings (SSSR count). The van der Waals surface area contributed by atoms with Gasteiger partial charge in [0.2, 0.25) is 0 Å². The Labute approximate surface area is 124 Å². The van der Waals surface area contributed by atoms with Crippen LogP contribution < -0.4 is 0 Å². The maximum atomic E-state index is 12.9. The highest BCUT2D eigenvalue weighted by Gasteiger charge is 2.43. The number of rotatable bonds is 1. The number of carbonyl (C=O) groups excluding carboxylic acids is 1. The van der Waals surface area contributed by atoms with E-state index in [0.717, 1.165) is 16.0 Å². The lowest BCUT2D eigenvalue weighted by molar-refractivity contribution is 0.0825. The van der Waals surface area contributed by atoms with Crippen LogP contribution in [0.5, 0.6) is 0 Å². The molecule has 1 aliphatic heterocycles. The van der Waals surface area contributed by atoms with E-state index in [9.17, 15) is 4.79 Å². The van der Waals surface area contributed by atoms with Crippen LogP contribution in [0.25, 0.3) is 0 Å². The highest BCUT2D eigenvalue weighted by molar-refractivity contribution is 7.99. The summed E-state index contributed by atoms with van der Waals surface area (Å²) in [6, 6.07) is 16.5. The molecule has 0 aromatic heterocycles. The Morgan fingerprint density at radius 2 is 1.75 bits per heavy atom. The zero-order valence-corrected chi connectivity index (χ0v) is 12.8. The monoisotopic (exact) mass is 282 g/mol. The summed E-state index contributed by atoms with van der Waals surface area (Å²) in [6.45, 7) is 6.16. The molecule has 0 N–H and O–H groups in total. The average Bonchev–Trinajstić information content (AvgIpc) is 2.44. The fourth-order valence-corrected chi connectivity index (χ4v) is 4.15. The Kier molecular flexibility index (Phi) is 3.21. The molecule has 0 amide bonds. The molecule has 1 heterocycles. The van der Waals surface area contributed by atoms with Gasteiger partial charge >= 0.3 is 0 Å². The van der Waals surface area contributed by atoms with Gasteiger partial charge in [-0.15, -0.1) is 11.8 Å².